The topological polar surface area (TPSA) is 62.7 Å². The molecule has 0 aliphatic heterocycles. The molecule has 5 nitrogen and oxygen atoms in total. The molecule has 114 valence electrons. The van der Waals surface area contributed by atoms with Crippen molar-refractivity contribution in [2.45, 2.75) is 0 Å². The molecule has 0 atom stereocenters. The van der Waals surface area contributed by atoms with Gasteiger partial charge in [-0.25, -0.2) is 9.82 Å². The lowest BCUT2D eigenvalue weighted by Crippen LogP contribution is -2.25. The zero-order chi connectivity index (χ0) is 15.8. The van der Waals surface area contributed by atoms with Crippen LogP contribution in [0, 0.1) is 5.82 Å². The van der Waals surface area contributed by atoms with Crippen LogP contribution in [0.1, 0.15) is 5.56 Å². The van der Waals surface area contributed by atoms with E-state index in [0.717, 1.165) is 5.56 Å². The number of anilines is 1. The summed E-state index contributed by atoms with van der Waals surface area (Å²) >= 11 is 0. The van der Waals surface area contributed by atoms with E-state index in [0.29, 0.717) is 11.4 Å². The molecule has 0 aromatic heterocycles. The molecule has 2 rings (SSSR count). The highest BCUT2D eigenvalue weighted by molar-refractivity contribution is 5.84. The number of hydrogen-bond donors (Lipinski definition) is 2. The van der Waals surface area contributed by atoms with Gasteiger partial charge in [0.2, 0.25) is 0 Å². The van der Waals surface area contributed by atoms with Gasteiger partial charge < -0.3 is 10.1 Å². The molecule has 2 aromatic carbocycles. The van der Waals surface area contributed by atoms with Crippen molar-refractivity contribution in [2.24, 2.45) is 5.10 Å². The summed E-state index contributed by atoms with van der Waals surface area (Å²) in [6.45, 7) is 0.0427. The van der Waals surface area contributed by atoms with E-state index in [1.165, 1.54) is 18.3 Å². The van der Waals surface area contributed by atoms with E-state index in [1.807, 2.05) is 18.2 Å². The largest absolute Gasteiger partial charge is 0.497 e. The normalized spacial score (nSPS) is 10.5. The number of amides is 1. The van der Waals surface area contributed by atoms with Crippen LogP contribution in [0.5, 0.6) is 5.75 Å². The molecule has 0 saturated heterocycles. The number of hydrazone groups is 1. The molecule has 0 spiro atoms. The fourth-order valence-corrected chi connectivity index (χ4v) is 1.69. The minimum absolute atomic E-state index is 0.0427. The molecule has 0 saturated carbocycles. The summed E-state index contributed by atoms with van der Waals surface area (Å²) in [4.78, 5) is 11.6. The predicted molar refractivity (Wildman–Crippen MR) is 83.6 cm³/mol. The monoisotopic (exact) mass is 301 g/mol. The van der Waals surface area contributed by atoms with Gasteiger partial charge in [-0.05, 0) is 42.0 Å². The van der Waals surface area contributed by atoms with Gasteiger partial charge in [-0.15, -0.1) is 0 Å². The minimum Gasteiger partial charge on any atom is -0.497 e. The van der Waals surface area contributed by atoms with Crippen LogP contribution in [-0.2, 0) is 4.79 Å². The molecule has 0 bridgehead atoms. The van der Waals surface area contributed by atoms with Gasteiger partial charge in [-0.2, -0.15) is 5.10 Å². The second kappa shape index (κ2) is 7.78. The van der Waals surface area contributed by atoms with Gasteiger partial charge >= 0.3 is 0 Å². The van der Waals surface area contributed by atoms with Crippen LogP contribution in [0.3, 0.4) is 0 Å². The molecule has 0 aliphatic rings. The lowest BCUT2D eigenvalue weighted by atomic mass is 10.2. The fourth-order valence-electron chi connectivity index (χ4n) is 1.69. The first-order valence-corrected chi connectivity index (χ1v) is 6.63. The zero-order valence-electron chi connectivity index (χ0n) is 12.0. The van der Waals surface area contributed by atoms with Gasteiger partial charge in [0.25, 0.3) is 5.91 Å². The second-order valence-corrected chi connectivity index (χ2v) is 4.43. The van der Waals surface area contributed by atoms with E-state index in [9.17, 15) is 9.18 Å². The highest BCUT2D eigenvalue weighted by Crippen LogP contribution is 2.10. The Morgan fingerprint density at radius 2 is 2.05 bits per heavy atom. The number of rotatable bonds is 6. The average Bonchev–Trinajstić information content (AvgIpc) is 2.54. The van der Waals surface area contributed by atoms with Gasteiger partial charge in [0, 0.05) is 5.69 Å². The first-order chi connectivity index (χ1) is 10.7. The number of carbonyl (C=O) groups is 1. The van der Waals surface area contributed by atoms with E-state index in [4.69, 9.17) is 4.74 Å². The summed E-state index contributed by atoms with van der Waals surface area (Å²) in [5.74, 6) is 0.0922. The maximum absolute atomic E-state index is 12.7. The Hall–Kier alpha value is -2.89. The SMILES string of the molecule is COc1cccc(/C=N\NC(=O)CNc2ccc(F)cc2)c1. The molecule has 0 radical (unpaired) electrons. The van der Waals surface area contributed by atoms with Crippen molar-refractivity contribution in [2.75, 3.05) is 19.0 Å². The first kappa shape index (κ1) is 15.5. The van der Waals surface area contributed by atoms with Crippen LogP contribution in [0.15, 0.2) is 53.6 Å². The molecule has 1 amide bonds. The molecular formula is C16H16FN3O2. The van der Waals surface area contributed by atoms with Crippen LogP contribution < -0.4 is 15.5 Å². The number of ether oxygens (including phenoxy) is 1. The maximum atomic E-state index is 12.7. The lowest BCUT2D eigenvalue weighted by Gasteiger charge is -2.04. The van der Waals surface area contributed by atoms with E-state index >= 15 is 0 Å². The number of benzene rings is 2. The standard InChI is InChI=1S/C16H16FN3O2/c1-22-15-4-2-3-12(9-15)10-19-20-16(21)11-18-14-7-5-13(17)6-8-14/h2-10,18H,11H2,1H3,(H,20,21)/b19-10-. The predicted octanol–water partition coefficient (Wildman–Crippen LogP) is 2.40. The van der Waals surface area contributed by atoms with Crippen molar-refractivity contribution in [3.63, 3.8) is 0 Å². The fraction of sp³-hybridized carbons (Fsp3) is 0.125. The van der Waals surface area contributed by atoms with Gasteiger partial charge in [-0.1, -0.05) is 12.1 Å². The Labute approximate surface area is 127 Å². The zero-order valence-corrected chi connectivity index (χ0v) is 12.0. The van der Waals surface area contributed by atoms with Crippen molar-refractivity contribution in [3.05, 3.63) is 59.9 Å². The van der Waals surface area contributed by atoms with E-state index in [-0.39, 0.29) is 18.3 Å². The Morgan fingerprint density at radius 1 is 1.27 bits per heavy atom. The number of hydrogen-bond acceptors (Lipinski definition) is 4. The van der Waals surface area contributed by atoms with Gasteiger partial charge in [-0.3, -0.25) is 4.79 Å². The van der Waals surface area contributed by atoms with Crippen molar-refractivity contribution in [1.29, 1.82) is 0 Å². The third kappa shape index (κ3) is 4.90. The maximum Gasteiger partial charge on any atom is 0.259 e. The molecule has 0 aliphatic carbocycles. The van der Waals surface area contributed by atoms with Gasteiger partial charge in [0.15, 0.2) is 0 Å². The smallest absolute Gasteiger partial charge is 0.259 e. The molecule has 0 fully saturated rings. The summed E-state index contributed by atoms with van der Waals surface area (Å²) in [7, 11) is 1.58. The molecule has 6 heteroatoms. The number of nitrogens with one attached hydrogen (secondary N) is 2. The molecule has 0 unspecified atom stereocenters. The van der Waals surface area contributed by atoms with Crippen molar-refractivity contribution < 1.29 is 13.9 Å². The second-order valence-electron chi connectivity index (χ2n) is 4.43. The number of methoxy groups -OCH3 is 1. The van der Waals surface area contributed by atoms with Gasteiger partial charge in [0.05, 0.1) is 19.9 Å². The average molecular weight is 301 g/mol. The van der Waals surface area contributed by atoms with Crippen LogP contribution in [0.2, 0.25) is 0 Å². The first-order valence-electron chi connectivity index (χ1n) is 6.63. The summed E-state index contributed by atoms with van der Waals surface area (Å²) in [5.41, 5.74) is 3.88. The van der Waals surface area contributed by atoms with Crippen LogP contribution in [0.25, 0.3) is 0 Å². The Morgan fingerprint density at radius 3 is 2.77 bits per heavy atom. The molecule has 2 aromatic rings. The van der Waals surface area contributed by atoms with Crippen molar-refractivity contribution in [1.82, 2.24) is 5.43 Å². The lowest BCUT2D eigenvalue weighted by molar-refractivity contribution is -0.119. The number of halogens is 1. The van der Waals surface area contributed by atoms with Gasteiger partial charge in [0.1, 0.15) is 11.6 Å². The van der Waals surface area contributed by atoms with E-state index < -0.39 is 0 Å². The summed E-state index contributed by atoms with van der Waals surface area (Å²) in [5, 5.41) is 6.73. The van der Waals surface area contributed by atoms with Crippen molar-refractivity contribution >= 4 is 17.8 Å². The molecule has 2 N–H and O–H groups in total. The van der Waals surface area contributed by atoms with E-state index in [2.05, 4.69) is 15.8 Å². The summed E-state index contributed by atoms with van der Waals surface area (Å²) in [6, 6.07) is 13.1. The molecule has 22 heavy (non-hydrogen) atoms. The Balaban J connectivity index is 1.79. The molecular weight excluding hydrogens is 285 g/mol. The third-order valence-corrected chi connectivity index (χ3v) is 2.79. The van der Waals surface area contributed by atoms with Crippen molar-refractivity contribution in [3.8, 4) is 5.75 Å². The van der Waals surface area contributed by atoms with E-state index in [1.54, 1.807) is 25.3 Å². The number of carbonyl (C=O) groups excluding carboxylic acids is 1. The quantitative estimate of drug-likeness (QED) is 0.636. The molecule has 0 heterocycles. The van der Waals surface area contributed by atoms with Crippen LogP contribution in [0.4, 0.5) is 10.1 Å². The highest BCUT2D eigenvalue weighted by Gasteiger charge is 1.99. The van der Waals surface area contributed by atoms with Crippen LogP contribution >= 0.6 is 0 Å². The summed E-state index contributed by atoms with van der Waals surface area (Å²) in [6.07, 6.45) is 1.53. The minimum atomic E-state index is -0.321. The van der Waals surface area contributed by atoms with Crippen LogP contribution in [-0.4, -0.2) is 25.8 Å². The third-order valence-electron chi connectivity index (χ3n) is 2.79. The Kier molecular flexibility index (Phi) is 5.48. The highest BCUT2D eigenvalue weighted by atomic mass is 19.1. The Bertz CT molecular complexity index is 657. The summed E-state index contributed by atoms with van der Waals surface area (Å²) < 4.78 is 17.8. The number of nitrogens with zero attached hydrogens (tertiary/aromatic N) is 1.